The summed E-state index contributed by atoms with van der Waals surface area (Å²) in [5.41, 5.74) is -0.616. The lowest BCUT2D eigenvalue weighted by molar-refractivity contribution is -0.129. The van der Waals surface area contributed by atoms with Gasteiger partial charge in [-0.25, -0.2) is 19.0 Å². The minimum atomic E-state index is -1.27. The zero-order valence-corrected chi connectivity index (χ0v) is 19.6. The lowest BCUT2D eigenvalue weighted by Gasteiger charge is -2.27. The largest absolute Gasteiger partial charge is 0.476 e. The molecule has 4 rings (SSSR count). The molecule has 0 unspecified atom stereocenters. The standard InChI is InChI=1S/C24H27FN6O4/c1-24(2,31-22(32)8-7-19(29-31)17-3-5-18(25)6-4-17)23(33)26-9-12-35-21-15-20(27-16-28-21)30-10-13-34-14-11-30/h3-8,15-16H,9-14H2,1-2H3,(H,26,33). The minimum absolute atomic E-state index is 0.180. The second kappa shape index (κ2) is 10.6. The van der Waals surface area contributed by atoms with Crippen molar-refractivity contribution in [1.82, 2.24) is 25.1 Å². The van der Waals surface area contributed by atoms with Gasteiger partial charge in [0.2, 0.25) is 11.8 Å². The summed E-state index contributed by atoms with van der Waals surface area (Å²) in [6.07, 6.45) is 1.44. The van der Waals surface area contributed by atoms with E-state index in [0.717, 1.165) is 23.6 Å². The Hall–Kier alpha value is -3.86. The molecule has 35 heavy (non-hydrogen) atoms. The van der Waals surface area contributed by atoms with Gasteiger partial charge in [0.25, 0.3) is 5.56 Å². The van der Waals surface area contributed by atoms with Gasteiger partial charge in [-0.1, -0.05) is 0 Å². The highest BCUT2D eigenvalue weighted by atomic mass is 19.1. The second-order valence-corrected chi connectivity index (χ2v) is 8.45. The first-order valence-corrected chi connectivity index (χ1v) is 11.3. The van der Waals surface area contributed by atoms with Crippen LogP contribution in [-0.4, -0.2) is 65.1 Å². The Bertz CT molecular complexity index is 1230. The number of carbonyl (C=O) groups is 1. The number of benzene rings is 1. The average molecular weight is 483 g/mol. The van der Waals surface area contributed by atoms with Crippen molar-refractivity contribution in [2.75, 3.05) is 44.4 Å². The molecule has 1 aromatic carbocycles. The summed E-state index contributed by atoms with van der Waals surface area (Å²) in [6, 6.07) is 10.4. The van der Waals surface area contributed by atoms with E-state index in [2.05, 4.69) is 25.3 Å². The van der Waals surface area contributed by atoms with Crippen molar-refractivity contribution >= 4 is 11.7 Å². The number of aromatic nitrogens is 4. The van der Waals surface area contributed by atoms with Crippen LogP contribution in [0.25, 0.3) is 11.3 Å². The van der Waals surface area contributed by atoms with Gasteiger partial charge in [0.05, 0.1) is 25.5 Å². The molecule has 1 amide bonds. The molecule has 0 spiro atoms. The molecule has 0 radical (unpaired) electrons. The molecule has 0 atom stereocenters. The van der Waals surface area contributed by atoms with Gasteiger partial charge in [0.1, 0.15) is 30.1 Å². The van der Waals surface area contributed by atoms with Crippen LogP contribution >= 0.6 is 0 Å². The number of hydrogen-bond donors (Lipinski definition) is 1. The third-order valence-corrected chi connectivity index (χ3v) is 5.63. The van der Waals surface area contributed by atoms with E-state index in [1.54, 1.807) is 38.1 Å². The zero-order chi connectivity index (χ0) is 24.8. The molecule has 1 fully saturated rings. The fourth-order valence-electron chi connectivity index (χ4n) is 3.59. The fourth-order valence-corrected chi connectivity index (χ4v) is 3.59. The van der Waals surface area contributed by atoms with Crippen molar-refractivity contribution in [2.24, 2.45) is 0 Å². The number of rotatable bonds is 8. The van der Waals surface area contributed by atoms with E-state index in [1.165, 1.54) is 24.5 Å². The highest BCUT2D eigenvalue weighted by Gasteiger charge is 2.32. The monoisotopic (exact) mass is 482 g/mol. The Balaban J connectivity index is 1.36. The molecule has 3 heterocycles. The van der Waals surface area contributed by atoms with Crippen LogP contribution in [0.2, 0.25) is 0 Å². The van der Waals surface area contributed by atoms with Gasteiger partial charge in [-0.05, 0) is 44.2 Å². The normalized spacial score (nSPS) is 14.0. The van der Waals surface area contributed by atoms with Crippen molar-refractivity contribution in [3.8, 4) is 17.1 Å². The fraction of sp³-hybridized carbons (Fsp3) is 0.375. The molecule has 1 N–H and O–H groups in total. The van der Waals surface area contributed by atoms with E-state index in [4.69, 9.17) is 9.47 Å². The summed E-state index contributed by atoms with van der Waals surface area (Å²) in [6.45, 7) is 6.37. The molecule has 184 valence electrons. The summed E-state index contributed by atoms with van der Waals surface area (Å²) < 4.78 is 25.4. The van der Waals surface area contributed by atoms with E-state index in [0.29, 0.717) is 30.4 Å². The molecule has 2 aromatic heterocycles. The van der Waals surface area contributed by atoms with Gasteiger partial charge in [-0.2, -0.15) is 5.10 Å². The van der Waals surface area contributed by atoms with E-state index >= 15 is 0 Å². The van der Waals surface area contributed by atoms with E-state index < -0.39 is 17.0 Å². The zero-order valence-electron chi connectivity index (χ0n) is 19.6. The number of halogens is 1. The van der Waals surface area contributed by atoms with Crippen LogP contribution in [0, 0.1) is 5.82 Å². The summed E-state index contributed by atoms with van der Waals surface area (Å²) in [4.78, 5) is 35.9. The van der Waals surface area contributed by atoms with Crippen LogP contribution in [-0.2, 0) is 15.1 Å². The smallest absolute Gasteiger partial charge is 0.267 e. The summed E-state index contributed by atoms with van der Waals surface area (Å²) >= 11 is 0. The van der Waals surface area contributed by atoms with Crippen LogP contribution in [0.15, 0.2) is 53.6 Å². The number of morpholine rings is 1. The number of carbonyl (C=O) groups excluding carboxylic acids is 1. The van der Waals surface area contributed by atoms with Crippen LogP contribution < -0.4 is 20.5 Å². The number of hydrogen-bond acceptors (Lipinski definition) is 8. The Kier molecular flexibility index (Phi) is 7.35. The number of amides is 1. The van der Waals surface area contributed by atoms with Crippen molar-refractivity contribution in [3.63, 3.8) is 0 Å². The third-order valence-electron chi connectivity index (χ3n) is 5.63. The van der Waals surface area contributed by atoms with Crippen LogP contribution in [0.1, 0.15) is 13.8 Å². The van der Waals surface area contributed by atoms with Gasteiger partial charge in [0.15, 0.2) is 0 Å². The predicted octanol–water partition coefficient (Wildman–Crippen LogP) is 1.61. The SMILES string of the molecule is CC(C)(C(=O)NCCOc1cc(N2CCOCC2)ncn1)n1nc(-c2ccc(F)cc2)ccc1=O. The van der Waals surface area contributed by atoms with Crippen molar-refractivity contribution in [3.05, 3.63) is 65.0 Å². The quantitative estimate of drug-likeness (QED) is 0.482. The summed E-state index contributed by atoms with van der Waals surface area (Å²) in [5, 5.41) is 7.13. The first-order valence-electron chi connectivity index (χ1n) is 11.3. The average Bonchev–Trinajstić information content (AvgIpc) is 2.88. The molecule has 3 aromatic rings. The van der Waals surface area contributed by atoms with Crippen molar-refractivity contribution < 1.29 is 18.7 Å². The Morgan fingerprint density at radius 3 is 2.63 bits per heavy atom. The van der Waals surface area contributed by atoms with Gasteiger partial charge in [-0.3, -0.25) is 9.59 Å². The van der Waals surface area contributed by atoms with Gasteiger partial charge >= 0.3 is 0 Å². The molecule has 0 bridgehead atoms. The second-order valence-electron chi connectivity index (χ2n) is 8.45. The van der Waals surface area contributed by atoms with Crippen LogP contribution in [0.3, 0.4) is 0 Å². The number of ether oxygens (including phenoxy) is 2. The maximum absolute atomic E-state index is 13.2. The van der Waals surface area contributed by atoms with E-state index in [1.807, 2.05) is 0 Å². The lowest BCUT2D eigenvalue weighted by atomic mass is 10.0. The van der Waals surface area contributed by atoms with Gasteiger partial charge in [-0.15, -0.1) is 0 Å². The number of nitrogens with one attached hydrogen (secondary N) is 1. The minimum Gasteiger partial charge on any atom is -0.476 e. The highest BCUT2D eigenvalue weighted by molar-refractivity contribution is 5.83. The summed E-state index contributed by atoms with van der Waals surface area (Å²) in [5.74, 6) is 0.391. The Morgan fingerprint density at radius 1 is 1.14 bits per heavy atom. The first kappa shape index (κ1) is 24.3. The molecule has 11 heteroatoms. The molecule has 1 aliphatic heterocycles. The van der Waals surface area contributed by atoms with E-state index in [-0.39, 0.29) is 19.0 Å². The van der Waals surface area contributed by atoms with Crippen LogP contribution in [0.4, 0.5) is 10.2 Å². The highest BCUT2D eigenvalue weighted by Crippen LogP contribution is 2.19. The molecular weight excluding hydrogens is 455 g/mol. The van der Waals surface area contributed by atoms with Crippen LogP contribution in [0.5, 0.6) is 5.88 Å². The van der Waals surface area contributed by atoms with Gasteiger partial charge in [0, 0.05) is 30.8 Å². The maximum Gasteiger partial charge on any atom is 0.267 e. The number of anilines is 1. The predicted molar refractivity (Wildman–Crippen MR) is 127 cm³/mol. The Labute approximate surface area is 201 Å². The molecule has 0 saturated carbocycles. The number of nitrogens with zero attached hydrogens (tertiary/aromatic N) is 5. The topological polar surface area (TPSA) is 111 Å². The Morgan fingerprint density at radius 2 is 1.89 bits per heavy atom. The molecule has 0 aliphatic carbocycles. The first-order chi connectivity index (χ1) is 16.8. The van der Waals surface area contributed by atoms with Gasteiger partial charge < -0.3 is 19.7 Å². The van der Waals surface area contributed by atoms with E-state index in [9.17, 15) is 14.0 Å². The molecule has 1 aliphatic rings. The maximum atomic E-state index is 13.2. The molecule has 10 nitrogen and oxygen atoms in total. The van der Waals surface area contributed by atoms with Crippen molar-refractivity contribution in [1.29, 1.82) is 0 Å². The molecule has 1 saturated heterocycles. The van der Waals surface area contributed by atoms with Crippen molar-refractivity contribution in [2.45, 2.75) is 19.4 Å². The molecular formula is C24H27FN6O4. The third kappa shape index (κ3) is 5.80. The summed E-state index contributed by atoms with van der Waals surface area (Å²) in [7, 11) is 0. The lowest BCUT2D eigenvalue weighted by Crippen LogP contribution is -2.50.